The molecule has 1 saturated carbocycles. The molecule has 4 nitrogen and oxygen atoms in total. The SMILES string of the molecule is COCC(C)CC(=O)N1CC(O)(C2CC2)C1. The van der Waals surface area contributed by atoms with Crippen LogP contribution < -0.4 is 0 Å². The first kappa shape index (κ1) is 11.9. The van der Waals surface area contributed by atoms with E-state index >= 15 is 0 Å². The smallest absolute Gasteiger partial charge is 0.223 e. The highest BCUT2D eigenvalue weighted by Gasteiger charge is 2.53. The summed E-state index contributed by atoms with van der Waals surface area (Å²) in [5, 5.41) is 10.1. The summed E-state index contributed by atoms with van der Waals surface area (Å²) in [5.41, 5.74) is -0.555. The Morgan fingerprint density at radius 2 is 2.19 bits per heavy atom. The molecule has 1 saturated heterocycles. The van der Waals surface area contributed by atoms with Crippen LogP contribution >= 0.6 is 0 Å². The molecule has 1 unspecified atom stereocenters. The van der Waals surface area contributed by atoms with Gasteiger partial charge in [-0.15, -0.1) is 0 Å². The monoisotopic (exact) mass is 227 g/mol. The van der Waals surface area contributed by atoms with E-state index in [1.165, 1.54) is 0 Å². The number of β-amino-alcohol motifs (C(OH)–C–C–N with tert-alkyl or cyclic N) is 1. The zero-order valence-electron chi connectivity index (χ0n) is 10.1. The van der Waals surface area contributed by atoms with E-state index in [9.17, 15) is 9.90 Å². The van der Waals surface area contributed by atoms with E-state index in [4.69, 9.17) is 4.74 Å². The van der Waals surface area contributed by atoms with Gasteiger partial charge in [-0.1, -0.05) is 6.92 Å². The van der Waals surface area contributed by atoms with Crippen LogP contribution in [0.3, 0.4) is 0 Å². The molecule has 0 radical (unpaired) electrons. The molecule has 2 rings (SSSR count). The molecule has 1 N–H and O–H groups in total. The van der Waals surface area contributed by atoms with Crippen LogP contribution in [0.4, 0.5) is 0 Å². The Hall–Kier alpha value is -0.610. The number of amides is 1. The minimum atomic E-state index is -0.555. The molecule has 1 amide bonds. The first-order chi connectivity index (χ1) is 7.55. The average Bonchev–Trinajstić information content (AvgIpc) is 2.96. The number of likely N-dealkylation sites (tertiary alicyclic amines) is 1. The summed E-state index contributed by atoms with van der Waals surface area (Å²) in [6.45, 7) is 3.70. The molecule has 1 heterocycles. The van der Waals surface area contributed by atoms with Crippen molar-refractivity contribution in [1.29, 1.82) is 0 Å². The van der Waals surface area contributed by atoms with Gasteiger partial charge in [-0.05, 0) is 24.7 Å². The van der Waals surface area contributed by atoms with Crippen molar-refractivity contribution in [3.63, 3.8) is 0 Å². The molecule has 4 heteroatoms. The third kappa shape index (κ3) is 2.38. The lowest BCUT2D eigenvalue weighted by Crippen LogP contribution is -2.64. The standard InChI is InChI=1S/C12H21NO3/c1-9(6-16-2)5-11(14)13-7-12(15,8-13)10-3-4-10/h9-10,15H,3-8H2,1-2H3. The predicted octanol–water partition coefficient (Wildman–Crippen LogP) is 0.642. The highest BCUT2D eigenvalue weighted by molar-refractivity contribution is 5.77. The second kappa shape index (κ2) is 4.34. The summed E-state index contributed by atoms with van der Waals surface area (Å²) >= 11 is 0. The van der Waals surface area contributed by atoms with E-state index < -0.39 is 5.60 Å². The highest BCUT2D eigenvalue weighted by atomic mass is 16.5. The summed E-state index contributed by atoms with van der Waals surface area (Å²) in [4.78, 5) is 13.6. The Balaban J connectivity index is 1.72. The number of hydrogen-bond donors (Lipinski definition) is 1. The fraction of sp³-hybridized carbons (Fsp3) is 0.917. The summed E-state index contributed by atoms with van der Waals surface area (Å²) < 4.78 is 5.00. The lowest BCUT2D eigenvalue weighted by molar-refractivity contribution is -0.160. The fourth-order valence-corrected chi connectivity index (χ4v) is 2.44. The van der Waals surface area contributed by atoms with Gasteiger partial charge >= 0.3 is 0 Å². The molecular weight excluding hydrogens is 206 g/mol. The van der Waals surface area contributed by atoms with Crippen LogP contribution in [0, 0.1) is 11.8 Å². The van der Waals surface area contributed by atoms with Crippen molar-refractivity contribution >= 4 is 5.91 Å². The van der Waals surface area contributed by atoms with Gasteiger partial charge in [-0.2, -0.15) is 0 Å². The summed E-state index contributed by atoms with van der Waals surface area (Å²) in [6.07, 6.45) is 2.77. The van der Waals surface area contributed by atoms with Crippen molar-refractivity contribution < 1.29 is 14.6 Å². The van der Waals surface area contributed by atoms with Crippen molar-refractivity contribution in [2.75, 3.05) is 26.8 Å². The van der Waals surface area contributed by atoms with Gasteiger partial charge in [0.1, 0.15) is 5.60 Å². The Morgan fingerprint density at radius 3 is 2.69 bits per heavy atom. The molecule has 16 heavy (non-hydrogen) atoms. The van der Waals surface area contributed by atoms with Crippen LogP contribution in [0.15, 0.2) is 0 Å². The normalized spacial score (nSPS) is 25.1. The van der Waals surface area contributed by atoms with Crippen molar-refractivity contribution in [2.24, 2.45) is 11.8 Å². The minimum absolute atomic E-state index is 0.148. The van der Waals surface area contributed by atoms with Gasteiger partial charge in [0.05, 0.1) is 13.1 Å². The van der Waals surface area contributed by atoms with Crippen molar-refractivity contribution in [3.05, 3.63) is 0 Å². The number of carbonyl (C=O) groups excluding carboxylic acids is 1. The van der Waals surface area contributed by atoms with E-state index in [-0.39, 0.29) is 11.8 Å². The predicted molar refractivity (Wildman–Crippen MR) is 59.9 cm³/mol. The van der Waals surface area contributed by atoms with E-state index in [0.29, 0.717) is 32.0 Å². The van der Waals surface area contributed by atoms with Gasteiger partial charge in [0, 0.05) is 20.1 Å². The maximum Gasteiger partial charge on any atom is 0.223 e. The molecule has 0 bridgehead atoms. The second-order valence-corrected chi connectivity index (χ2v) is 5.39. The summed E-state index contributed by atoms with van der Waals surface area (Å²) in [5.74, 6) is 0.856. The first-order valence-electron chi connectivity index (χ1n) is 6.04. The lowest BCUT2D eigenvalue weighted by Gasteiger charge is -2.47. The van der Waals surface area contributed by atoms with Crippen LogP contribution in [-0.4, -0.2) is 48.3 Å². The third-order valence-corrected chi connectivity index (χ3v) is 3.59. The van der Waals surface area contributed by atoms with E-state index in [2.05, 4.69) is 0 Å². The molecule has 2 fully saturated rings. The van der Waals surface area contributed by atoms with Gasteiger partial charge in [0.25, 0.3) is 0 Å². The molecule has 2 aliphatic rings. The van der Waals surface area contributed by atoms with Crippen molar-refractivity contribution in [3.8, 4) is 0 Å². The van der Waals surface area contributed by atoms with Crippen LogP contribution in [0.25, 0.3) is 0 Å². The number of ether oxygens (including phenoxy) is 1. The quantitative estimate of drug-likeness (QED) is 0.750. The molecular formula is C12H21NO3. The molecule has 0 aromatic heterocycles. The summed E-state index contributed by atoms with van der Waals surface area (Å²) in [6, 6.07) is 0. The van der Waals surface area contributed by atoms with Crippen molar-refractivity contribution in [1.82, 2.24) is 4.90 Å². The Bertz CT molecular complexity index is 269. The number of rotatable bonds is 5. The third-order valence-electron chi connectivity index (χ3n) is 3.59. The van der Waals surface area contributed by atoms with Gasteiger partial charge in [-0.3, -0.25) is 4.79 Å². The van der Waals surface area contributed by atoms with Gasteiger partial charge in [-0.25, -0.2) is 0 Å². The van der Waals surface area contributed by atoms with Crippen LogP contribution in [0.2, 0.25) is 0 Å². The Morgan fingerprint density at radius 1 is 1.56 bits per heavy atom. The average molecular weight is 227 g/mol. The number of carbonyl (C=O) groups is 1. The zero-order chi connectivity index (χ0) is 11.8. The van der Waals surface area contributed by atoms with E-state index in [1.54, 1.807) is 12.0 Å². The second-order valence-electron chi connectivity index (χ2n) is 5.39. The Kier molecular flexibility index (Phi) is 3.22. The van der Waals surface area contributed by atoms with E-state index in [1.807, 2.05) is 6.92 Å². The molecule has 92 valence electrons. The molecule has 0 aromatic carbocycles. The molecule has 0 aromatic rings. The largest absolute Gasteiger partial charge is 0.386 e. The number of aliphatic hydroxyl groups is 1. The lowest BCUT2D eigenvalue weighted by atomic mass is 9.88. The molecule has 1 aliphatic heterocycles. The molecule has 0 spiro atoms. The molecule has 1 aliphatic carbocycles. The Labute approximate surface area is 96.6 Å². The highest BCUT2D eigenvalue weighted by Crippen LogP contribution is 2.44. The summed E-state index contributed by atoms with van der Waals surface area (Å²) in [7, 11) is 1.65. The zero-order valence-corrected chi connectivity index (χ0v) is 10.1. The van der Waals surface area contributed by atoms with Gasteiger partial charge in [0.15, 0.2) is 0 Å². The van der Waals surface area contributed by atoms with Crippen LogP contribution in [0.5, 0.6) is 0 Å². The van der Waals surface area contributed by atoms with Gasteiger partial charge in [0.2, 0.25) is 5.91 Å². The number of methoxy groups -OCH3 is 1. The molecule has 1 atom stereocenters. The maximum absolute atomic E-state index is 11.8. The van der Waals surface area contributed by atoms with Crippen LogP contribution in [-0.2, 0) is 9.53 Å². The number of hydrogen-bond acceptors (Lipinski definition) is 3. The topological polar surface area (TPSA) is 49.8 Å². The van der Waals surface area contributed by atoms with Crippen molar-refractivity contribution in [2.45, 2.75) is 31.8 Å². The van der Waals surface area contributed by atoms with Crippen LogP contribution in [0.1, 0.15) is 26.2 Å². The maximum atomic E-state index is 11.8. The minimum Gasteiger partial charge on any atom is -0.386 e. The van der Waals surface area contributed by atoms with Gasteiger partial charge < -0.3 is 14.7 Å². The first-order valence-corrected chi connectivity index (χ1v) is 6.04. The fourth-order valence-electron chi connectivity index (χ4n) is 2.44. The van der Waals surface area contributed by atoms with E-state index in [0.717, 1.165) is 12.8 Å². The number of nitrogens with zero attached hydrogens (tertiary/aromatic N) is 1.